The summed E-state index contributed by atoms with van der Waals surface area (Å²) in [5.41, 5.74) is 2.05. The number of carbonyl (C=O) groups is 2. The highest BCUT2D eigenvalue weighted by atomic mass is 35.5. The normalized spacial score (nSPS) is 10.3. The lowest BCUT2D eigenvalue weighted by molar-refractivity contribution is -0.113. The van der Waals surface area contributed by atoms with Gasteiger partial charge in [-0.3, -0.25) is 9.59 Å². The first kappa shape index (κ1) is 14.5. The van der Waals surface area contributed by atoms with Crippen molar-refractivity contribution in [2.75, 3.05) is 11.2 Å². The Balaban J connectivity index is 2.85. The molecule has 0 aromatic heterocycles. The number of amides is 2. The van der Waals surface area contributed by atoms with E-state index in [4.69, 9.17) is 11.6 Å². The van der Waals surface area contributed by atoms with Gasteiger partial charge in [-0.2, -0.15) is 0 Å². The standard InChI is InChI=1S/C13H17ClN2O2/c1-8(2)15-13(18)11-5-4-10(6-9(11)3)16-12(17)7-14/h4-6,8H,7H2,1-3H3,(H,15,18)(H,16,17). The van der Waals surface area contributed by atoms with Gasteiger partial charge in [0.15, 0.2) is 0 Å². The first-order valence-electron chi connectivity index (χ1n) is 5.71. The SMILES string of the molecule is Cc1cc(NC(=O)CCl)ccc1C(=O)NC(C)C. The molecule has 18 heavy (non-hydrogen) atoms. The minimum atomic E-state index is -0.268. The van der Waals surface area contributed by atoms with Gasteiger partial charge in [0.2, 0.25) is 5.91 Å². The highest BCUT2D eigenvalue weighted by molar-refractivity contribution is 6.29. The molecule has 2 N–H and O–H groups in total. The van der Waals surface area contributed by atoms with Crippen molar-refractivity contribution in [2.45, 2.75) is 26.8 Å². The van der Waals surface area contributed by atoms with Gasteiger partial charge >= 0.3 is 0 Å². The zero-order valence-electron chi connectivity index (χ0n) is 10.7. The number of nitrogens with one attached hydrogen (secondary N) is 2. The molecule has 0 bridgehead atoms. The molecule has 4 nitrogen and oxygen atoms in total. The molecule has 0 spiro atoms. The highest BCUT2D eigenvalue weighted by Crippen LogP contribution is 2.15. The summed E-state index contributed by atoms with van der Waals surface area (Å²) >= 11 is 5.40. The Labute approximate surface area is 112 Å². The molecule has 0 fully saturated rings. The zero-order chi connectivity index (χ0) is 13.7. The van der Waals surface area contributed by atoms with Gasteiger partial charge in [0.05, 0.1) is 0 Å². The molecule has 0 radical (unpaired) electrons. The van der Waals surface area contributed by atoms with Crippen LogP contribution in [0.3, 0.4) is 0 Å². The van der Waals surface area contributed by atoms with Crippen molar-refractivity contribution in [3.05, 3.63) is 29.3 Å². The summed E-state index contributed by atoms with van der Waals surface area (Å²) in [6.07, 6.45) is 0. The maximum atomic E-state index is 11.8. The van der Waals surface area contributed by atoms with Crippen molar-refractivity contribution in [3.63, 3.8) is 0 Å². The second-order valence-corrected chi connectivity index (χ2v) is 4.61. The average molecular weight is 269 g/mol. The molecule has 2 amide bonds. The molecule has 0 aliphatic carbocycles. The van der Waals surface area contributed by atoms with Crippen molar-refractivity contribution in [3.8, 4) is 0 Å². The molecule has 1 rings (SSSR count). The van der Waals surface area contributed by atoms with Gasteiger partial charge in [-0.15, -0.1) is 11.6 Å². The van der Waals surface area contributed by atoms with E-state index in [2.05, 4.69) is 10.6 Å². The monoisotopic (exact) mass is 268 g/mol. The molecule has 0 unspecified atom stereocenters. The van der Waals surface area contributed by atoms with Gasteiger partial charge in [0.25, 0.3) is 5.91 Å². The third-order valence-corrected chi connectivity index (χ3v) is 2.54. The molecular weight excluding hydrogens is 252 g/mol. The Hall–Kier alpha value is -1.55. The van der Waals surface area contributed by atoms with Crippen molar-refractivity contribution in [1.29, 1.82) is 0 Å². The first-order chi connectivity index (χ1) is 8.43. The summed E-state index contributed by atoms with van der Waals surface area (Å²) < 4.78 is 0. The smallest absolute Gasteiger partial charge is 0.251 e. The number of carbonyl (C=O) groups excluding carboxylic acids is 2. The number of anilines is 1. The molecule has 1 aromatic carbocycles. The van der Waals surface area contributed by atoms with Crippen LogP contribution in [0.5, 0.6) is 0 Å². The van der Waals surface area contributed by atoms with Gasteiger partial charge < -0.3 is 10.6 Å². The van der Waals surface area contributed by atoms with Crippen molar-refractivity contribution in [1.82, 2.24) is 5.32 Å². The molecule has 0 aliphatic heterocycles. The van der Waals surface area contributed by atoms with Crippen LogP contribution in [0.25, 0.3) is 0 Å². The predicted molar refractivity (Wildman–Crippen MR) is 73.1 cm³/mol. The molecule has 0 heterocycles. The summed E-state index contributed by atoms with van der Waals surface area (Å²) in [4.78, 5) is 23.0. The number of aryl methyl sites for hydroxylation is 1. The van der Waals surface area contributed by atoms with Crippen molar-refractivity contribution in [2.24, 2.45) is 0 Å². The summed E-state index contributed by atoms with van der Waals surface area (Å²) in [6.45, 7) is 5.64. The van der Waals surface area contributed by atoms with Crippen LogP contribution in [0.2, 0.25) is 0 Å². The number of benzene rings is 1. The molecule has 0 saturated heterocycles. The Morgan fingerprint density at radius 3 is 2.50 bits per heavy atom. The second-order valence-electron chi connectivity index (χ2n) is 4.34. The van der Waals surface area contributed by atoms with Crippen LogP contribution in [0.15, 0.2) is 18.2 Å². The van der Waals surface area contributed by atoms with E-state index in [1.54, 1.807) is 18.2 Å². The number of hydrogen-bond donors (Lipinski definition) is 2. The van der Waals surface area contributed by atoms with Gasteiger partial charge in [0, 0.05) is 17.3 Å². The fraction of sp³-hybridized carbons (Fsp3) is 0.385. The molecule has 98 valence electrons. The summed E-state index contributed by atoms with van der Waals surface area (Å²) in [7, 11) is 0. The zero-order valence-corrected chi connectivity index (χ0v) is 11.5. The maximum Gasteiger partial charge on any atom is 0.251 e. The van der Waals surface area contributed by atoms with Crippen LogP contribution in [-0.4, -0.2) is 23.7 Å². The third kappa shape index (κ3) is 4.04. The Kier molecular flexibility index (Phi) is 5.16. The minimum absolute atomic E-state index is 0.0887. The van der Waals surface area contributed by atoms with Crippen LogP contribution >= 0.6 is 11.6 Å². The Morgan fingerprint density at radius 1 is 1.33 bits per heavy atom. The Morgan fingerprint density at radius 2 is 2.00 bits per heavy atom. The van der Waals surface area contributed by atoms with E-state index in [1.165, 1.54) is 0 Å². The van der Waals surface area contributed by atoms with Crippen molar-refractivity contribution < 1.29 is 9.59 Å². The number of halogens is 1. The first-order valence-corrected chi connectivity index (χ1v) is 6.24. The lowest BCUT2D eigenvalue weighted by atomic mass is 10.1. The van der Waals surface area contributed by atoms with E-state index in [-0.39, 0.29) is 23.7 Å². The molecular formula is C13H17ClN2O2. The lowest BCUT2D eigenvalue weighted by Gasteiger charge is -2.11. The number of hydrogen-bond acceptors (Lipinski definition) is 2. The molecule has 0 aliphatic rings. The maximum absolute atomic E-state index is 11.8. The van der Waals surface area contributed by atoms with Crippen LogP contribution < -0.4 is 10.6 Å². The number of rotatable bonds is 4. The van der Waals surface area contributed by atoms with Crippen LogP contribution in [-0.2, 0) is 4.79 Å². The minimum Gasteiger partial charge on any atom is -0.350 e. The van der Waals surface area contributed by atoms with Crippen LogP contribution in [0, 0.1) is 6.92 Å². The Bertz CT molecular complexity index is 458. The third-order valence-electron chi connectivity index (χ3n) is 2.30. The predicted octanol–water partition coefficient (Wildman–Crippen LogP) is 2.31. The van der Waals surface area contributed by atoms with E-state index in [9.17, 15) is 9.59 Å². The second kappa shape index (κ2) is 6.40. The van der Waals surface area contributed by atoms with E-state index < -0.39 is 0 Å². The van der Waals surface area contributed by atoms with Crippen molar-refractivity contribution >= 4 is 29.1 Å². The molecule has 5 heteroatoms. The van der Waals surface area contributed by atoms with E-state index in [0.717, 1.165) is 5.56 Å². The largest absolute Gasteiger partial charge is 0.350 e. The fourth-order valence-corrected chi connectivity index (χ4v) is 1.60. The lowest BCUT2D eigenvalue weighted by Crippen LogP contribution is -2.30. The summed E-state index contributed by atoms with van der Waals surface area (Å²) in [5.74, 6) is -0.470. The highest BCUT2D eigenvalue weighted by Gasteiger charge is 2.10. The van der Waals surface area contributed by atoms with E-state index in [1.807, 2.05) is 20.8 Å². The van der Waals surface area contributed by atoms with Crippen LogP contribution in [0.4, 0.5) is 5.69 Å². The summed E-state index contributed by atoms with van der Waals surface area (Å²) in [6, 6.07) is 5.22. The number of alkyl halides is 1. The topological polar surface area (TPSA) is 58.2 Å². The molecule has 1 aromatic rings. The van der Waals surface area contributed by atoms with Gasteiger partial charge in [0.1, 0.15) is 5.88 Å². The molecule has 0 saturated carbocycles. The van der Waals surface area contributed by atoms with E-state index >= 15 is 0 Å². The quantitative estimate of drug-likeness (QED) is 0.824. The van der Waals surface area contributed by atoms with Crippen LogP contribution in [0.1, 0.15) is 29.8 Å². The van der Waals surface area contributed by atoms with Gasteiger partial charge in [-0.25, -0.2) is 0 Å². The fourth-order valence-electron chi connectivity index (χ4n) is 1.53. The van der Waals surface area contributed by atoms with Gasteiger partial charge in [-0.1, -0.05) is 0 Å². The van der Waals surface area contributed by atoms with Gasteiger partial charge in [-0.05, 0) is 44.5 Å². The summed E-state index contributed by atoms with van der Waals surface area (Å²) in [5, 5.41) is 5.46. The molecule has 0 atom stereocenters. The van der Waals surface area contributed by atoms with E-state index in [0.29, 0.717) is 11.3 Å². The average Bonchev–Trinajstić information content (AvgIpc) is 2.27.